The molecule has 2 aromatic rings. The Balaban J connectivity index is 2.16. The number of halogens is 4. The predicted octanol–water partition coefficient (Wildman–Crippen LogP) is 3.46. The number of carbonyl (C=O) groups is 1. The Hall–Kier alpha value is -3.07. The number of carbonyl (C=O) groups excluding carboxylic acids is 1. The Kier molecular flexibility index (Phi) is 6.53. The summed E-state index contributed by atoms with van der Waals surface area (Å²) in [6.45, 7) is 0. The van der Waals surface area contributed by atoms with Crippen molar-refractivity contribution in [2.24, 2.45) is 5.14 Å². The number of nitrogens with zero attached hydrogens (tertiary/aromatic N) is 1. The third-order valence-corrected chi connectivity index (χ3v) is 4.72. The normalized spacial score (nSPS) is 12.2. The van der Waals surface area contributed by atoms with Crippen LogP contribution in [0.3, 0.4) is 0 Å². The molecule has 7 nitrogen and oxygen atoms in total. The highest BCUT2D eigenvalue weighted by Gasteiger charge is 2.33. The van der Waals surface area contributed by atoms with Crippen molar-refractivity contribution in [1.82, 2.24) is 0 Å². The predicted molar refractivity (Wildman–Crippen MR) is 100 cm³/mol. The molecule has 0 radical (unpaired) electrons. The second-order valence-electron chi connectivity index (χ2n) is 5.53. The summed E-state index contributed by atoms with van der Waals surface area (Å²) in [6, 6.07) is 9.50. The van der Waals surface area contributed by atoms with E-state index in [2.05, 4.69) is 10.6 Å². The molecule has 0 spiro atoms. The van der Waals surface area contributed by atoms with E-state index >= 15 is 0 Å². The van der Waals surface area contributed by atoms with Crippen molar-refractivity contribution < 1.29 is 26.4 Å². The molecule has 152 valence electrons. The molecule has 0 bridgehead atoms. The average molecular weight is 445 g/mol. The summed E-state index contributed by atoms with van der Waals surface area (Å²) in [5.41, 5.74) is -1.44. The standard InChI is InChI=1S/C17H12ClF3N4O3S/c18-15-6-3-12(7-14(15)17(19,20)21)25-16(26)10(8-22)9-24-11-1-4-13(5-2-11)29(23,27)28/h1-7,9,24H,(H,25,26)(H2,23,27,28)/b10-9-. The molecule has 0 aliphatic heterocycles. The van der Waals surface area contributed by atoms with Crippen LogP contribution in [0.2, 0.25) is 5.02 Å². The van der Waals surface area contributed by atoms with Crippen molar-refractivity contribution in [2.75, 3.05) is 10.6 Å². The summed E-state index contributed by atoms with van der Waals surface area (Å²) >= 11 is 5.51. The zero-order valence-corrected chi connectivity index (χ0v) is 15.9. The summed E-state index contributed by atoms with van der Waals surface area (Å²) in [5.74, 6) is -0.961. The largest absolute Gasteiger partial charge is 0.417 e. The van der Waals surface area contributed by atoms with E-state index in [4.69, 9.17) is 22.0 Å². The van der Waals surface area contributed by atoms with E-state index in [0.717, 1.165) is 18.3 Å². The molecule has 0 saturated carbocycles. The van der Waals surface area contributed by atoms with Gasteiger partial charge < -0.3 is 10.6 Å². The number of rotatable bonds is 5. The molecule has 29 heavy (non-hydrogen) atoms. The lowest BCUT2D eigenvalue weighted by Crippen LogP contribution is -2.15. The van der Waals surface area contributed by atoms with Gasteiger partial charge in [0, 0.05) is 17.6 Å². The summed E-state index contributed by atoms with van der Waals surface area (Å²) < 4.78 is 61.0. The van der Waals surface area contributed by atoms with Crippen LogP contribution in [0, 0.1) is 11.3 Å². The van der Waals surface area contributed by atoms with Crippen molar-refractivity contribution in [3.8, 4) is 6.07 Å². The number of hydrogen-bond donors (Lipinski definition) is 3. The number of benzene rings is 2. The first-order chi connectivity index (χ1) is 13.4. The van der Waals surface area contributed by atoms with Crippen molar-refractivity contribution in [1.29, 1.82) is 5.26 Å². The van der Waals surface area contributed by atoms with Crippen LogP contribution < -0.4 is 15.8 Å². The number of anilines is 2. The number of nitriles is 1. The second-order valence-corrected chi connectivity index (χ2v) is 7.50. The van der Waals surface area contributed by atoms with Crippen LogP contribution in [-0.2, 0) is 21.0 Å². The molecule has 0 atom stereocenters. The molecule has 2 rings (SSSR count). The fraction of sp³-hybridized carbons (Fsp3) is 0.0588. The molecule has 4 N–H and O–H groups in total. The lowest BCUT2D eigenvalue weighted by molar-refractivity contribution is -0.137. The summed E-state index contributed by atoms with van der Waals surface area (Å²) in [5, 5.41) is 18.3. The lowest BCUT2D eigenvalue weighted by atomic mass is 10.2. The number of nitrogens with one attached hydrogen (secondary N) is 2. The van der Waals surface area contributed by atoms with Crippen LogP contribution in [0.25, 0.3) is 0 Å². The highest BCUT2D eigenvalue weighted by Crippen LogP contribution is 2.36. The van der Waals surface area contributed by atoms with Gasteiger partial charge in [0.2, 0.25) is 10.0 Å². The lowest BCUT2D eigenvalue weighted by Gasteiger charge is -2.11. The van der Waals surface area contributed by atoms with E-state index in [0.29, 0.717) is 11.8 Å². The topological polar surface area (TPSA) is 125 Å². The molecule has 0 aromatic heterocycles. The number of primary sulfonamides is 1. The molecule has 12 heteroatoms. The van der Waals surface area contributed by atoms with Crippen LogP contribution in [0.15, 0.2) is 59.1 Å². The van der Waals surface area contributed by atoms with Crippen molar-refractivity contribution in [3.05, 3.63) is 64.8 Å². The Bertz CT molecular complexity index is 1110. The monoisotopic (exact) mass is 444 g/mol. The van der Waals surface area contributed by atoms with Gasteiger partial charge in [0.15, 0.2) is 0 Å². The van der Waals surface area contributed by atoms with Gasteiger partial charge in [0.25, 0.3) is 5.91 Å². The highest BCUT2D eigenvalue weighted by atomic mass is 35.5. The quantitative estimate of drug-likeness (QED) is 0.481. The number of sulfonamides is 1. The van der Waals surface area contributed by atoms with Gasteiger partial charge in [0.05, 0.1) is 15.5 Å². The molecule has 2 aromatic carbocycles. The van der Waals surface area contributed by atoms with Gasteiger partial charge in [-0.05, 0) is 42.5 Å². The number of nitrogens with two attached hydrogens (primary N) is 1. The van der Waals surface area contributed by atoms with E-state index < -0.39 is 38.3 Å². The van der Waals surface area contributed by atoms with Crippen molar-refractivity contribution >= 4 is 38.9 Å². The van der Waals surface area contributed by atoms with Gasteiger partial charge in [-0.25, -0.2) is 13.6 Å². The van der Waals surface area contributed by atoms with E-state index in [1.165, 1.54) is 24.3 Å². The van der Waals surface area contributed by atoms with E-state index in [-0.39, 0.29) is 10.6 Å². The van der Waals surface area contributed by atoms with Gasteiger partial charge in [-0.1, -0.05) is 11.6 Å². The second kappa shape index (κ2) is 8.52. The van der Waals surface area contributed by atoms with Crippen LogP contribution >= 0.6 is 11.6 Å². The summed E-state index contributed by atoms with van der Waals surface area (Å²) in [6.07, 6.45) is -3.70. The maximum atomic E-state index is 12.9. The summed E-state index contributed by atoms with van der Waals surface area (Å²) in [4.78, 5) is 12.0. The van der Waals surface area contributed by atoms with E-state index in [1.54, 1.807) is 6.07 Å². The fourth-order valence-corrected chi connectivity index (χ4v) is 2.80. The van der Waals surface area contributed by atoms with Crippen LogP contribution in [-0.4, -0.2) is 14.3 Å². The SMILES string of the molecule is N#C/C(=C/Nc1ccc(S(N)(=O)=O)cc1)C(=O)Nc1ccc(Cl)c(C(F)(F)F)c1. The minimum atomic E-state index is -4.71. The average Bonchev–Trinajstić information content (AvgIpc) is 2.62. The molecular formula is C17H12ClF3N4O3S. The first kappa shape index (κ1) is 22.2. The highest BCUT2D eigenvalue weighted by molar-refractivity contribution is 7.89. The van der Waals surface area contributed by atoms with Gasteiger partial charge in [-0.2, -0.15) is 18.4 Å². The fourth-order valence-electron chi connectivity index (χ4n) is 2.06. The number of hydrogen-bond acceptors (Lipinski definition) is 5. The number of alkyl halides is 3. The van der Waals surface area contributed by atoms with Gasteiger partial charge in [0.1, 0.15) is 11.6 Å². The molecular weight excluding hydrogens is 433 g/mol. The maximum Gasteiger partial charge on any atom is 0.417 e. The molecule has 0 unspecified atom stereocenters. The minimum Gasteiger partial charge on any atom is -0.360 e. The molecule has 0 fully saturated rings. The maximum absolute atomic E-state index is 12.9. The van der Waals surface area contributed by atoms with Crippen molar-refractivity contribution in [3.63, 3.8) is 0 Å². The summed E-state index contributed by atoms with van der Waals surface area (Å²) in [7, 11) is -3.87. The Morgan fingerprint density at radius 3 is 2.24 bits per heavy atom. The molecule has 0 aliphatic carbocycles. The Morgan fingerprint density at radius 2 is 1.72 bits per heavy atom. The van der Waals surface area contributed by atoms with Gasteiger partial charge in [-0.3, -0.25) is 4.79 Å². The minimum absolute atomic E-state index is 0.131. The zero-order valence-electron chi connectivity index (χ0n) is 14.3. The zero-order chi connectivity index (χ0) is 21.8. The number of amides is 1. The molecule has 0 saturated heterocycles. The van der Waals surface area contributed by atoms with E-state index in [1.807, 2.05) is 0 Å². The van der Waals surface area contributed by atoms with Crippen molar-refractivity contribution in [2.45, 2.75) is 11.1 Å². The third kappa shape index (κ3) is 5.95. The third-order valence-electron chi connectivity index (χ3n) is 3.46. The van der Waals surface area contributed by atoms with Crippen LogP contribution in [0.5, 0.6) is 0 Å². The molecule has 0 heterocycles. The smallest absolute Gasteiger partial charge is 0.360 e. The van der Waals surface area contributed by atoms with E-state index in [9.17, 15) is 26.4 Å². The first-order valence-electron chi connectivity index (χ1n) is 7.59. The van der Waals surface area contributed by atoms with Crippen LogP contribution in [0.4, 0.5) is 24.5 Å². The first-order valence-corrected chi connectivity index (χ1v) is 9.52. The Morgan fingerprint density at radius 1 is 1.14 bits per heavy atom. The Labute approximate surface area is 168 Å². The molecule has 1 amide bonds. The van der Waals surface area contributed by atoms with Gasteiger partial charge >= 0.3 is 6.18 Å². The van der Waals surface area contributed by atoms with Crippen LogP contribution in [0.1, 0.15) is 5.56 Å². The van der Waals surface area contributed by atoms with Gasteiger partial charge in [-0.15, -0.1) is 0 Å². The molecule has 0 aliphatic rings.